The van der Waals surface area contributed by atoms with Gasteiger partial charge in [-0.3, -0.25) is 14.9 Å². The lowest BCUT2D eigenvalue weighted by Gasteiger charge is -2.20. The van der Waals surface area contributed by atoms with Crippen molar-refractivity contribution in [2.75, 3.05) is 18.4 Å². The zero-order valence-corrected chi connectivity index (χ0v) is 13.8. The van der Waals surface area contributed by atoms with Crippen molar-refractivity contribution in [1.29, 1.82) is 0 Å². The molecule has 1 aliphatic heterocycles. The normalized spacial score (nSPS) is 15.4. The second-order valence-electron chi connectivity index (χ2n) is 4.98. The molecular weight excluding hydrogens is 322 g/mol. The molecule has 1 aromatic carbocycles. The molecule has 1 heterocycles. The summed E-state index contributed by atoms with van der Waals surface area (Å²) in [6.45, 7) is 3.62. The number of rotatable bonds is 4. The van der Waals surface area contributed by atoms with Gasteiger partial charge in [-0.25, -0.2) is 0 Å². The van der Waals surface area contributed by atoms with Crippen molar-refractivity contribution in [1.82, 2.24) is 4.90 Å². The standard InChI is InChI=1S/C14H17N3O3S2/c1-10(22-14(21)16-8-4-5-9-16)13(18)15-11-6-2-3-7-12(11)17(19)20/h2-3,6-7,10H,4-5,8-9H2,1H3,(H,15,18). The molecule has 0 saturated carbocycles. The Morgan fingerprint density at radius 3 is 2.68 bits per heavy atom. The van der Waals surface area contributed by atoms with Crippen molar-refractivity contribution in [2.45, 2.75) is 25.0 Å². The third-order valence-corrected chi connectivity index (χ3v) is 4.94. The van der Waals surface area contributed by atoms with Crippen molar-refractivity contribution in [3.8, 4) is 0 Å². The van der Waals surface area contributed by atoms with Gasteiger partial charge in [0.15, 0.2) is 0 Å². The summed E-state index contributed by atoms with van der Waals surface area (Å²) in [4.78, 5) is 24.7. The van der Waals surface area contributed by atoms with Crippen LogP contribution in [0.3, 0.4) is 0 Å². The second kappa shape index (κ2) is 7.55. The van der Waals surface area contributed by atoms with Crippen LogP contribution in [0.4, 0.5) is 11.4 Å². The summed E-state index contributed by atoms with van der Waals surface area (Å²) >= 11 is 6.66. The summed E-state index contributed by atoms with van der Waals surface area (Å²) in [7, 11) is 0. The van der Waals surface area contributed by atoms with Gasteiger partial charge in [0, 0.05) is 19.2 Å². The fraction of sp³-hybridized carbons (Fsp3) is 0.429. The summed E-state index contributed by atoms with van der Waals surface area (Å²) in [5, 5.41) is 13.1. The average molecular weight is 339 g/mol. The van der Waals surface area contributed by atoms with Gasteiger partial charge in [0.1, 0.15) is 10.0 Å². The van der Waals surface area contributed by atoms with E-state index in [-0.39, 0.29) is 17.3 Å². The first-order chi connectivity index (χ1) is 10.5. The minimum atomic E-state index is -0.512. The molecule has 118 valence electrons. The van der Waals surface area contributed by atoms with Gasteiger partial charge in [-0.15, -0.1) is 0 Å². The summed E-state index contributed by atoms with van der Waals surface area (Å²) in [6, 6.07) is 6.10. The number of carbonyl (C=O) groups is 1. The Morgan fingerprint density at radius 1 is 1.41 bits per heavy atom. The van der Waals surface area contributed by atoms with E-state index in [1.54, 1.807) is 19.1 Å². The number of nitro benzene ring substituents is 1. The molecule has 1 atom stereocenters. The van der Waals surface area contributed by atoms with Crippen molar-refractivity contribution >= 4 is 45.6 Å². The largest absolute Gasteiger partial charge is 0.358 e. The lowest BCUT2D eigenvalue weighted by Crippen LogP contribution is -2.29. The smallest absolute Gasteiger partial charge is 0.292 e. The number of benzene rings is 1. The Morgan fingerprint density at radius 2 is 2.05 bits per heavy atom. The van der Waals surface area contributed by atoms with Gasteiger partial charge in [-0.05, 0) is 25.8 Å². The molecule has 0 aliphatic carbocycles. The first-order valence-electron chi connectivity index (χ1n) is 6.99. The molecule has 1 saturated heterocycles. The van der Waals surface area contributed by atoms with E-state index in [2.05, 4.69) is 10.2 Å². The highest BCUT2D eigenvalue weighted by Gasteiger charge is 2.23. The molecule has 8 heteroatoms. The number of nitro groups is 1. The van der Waals surface area contributed by atoms with E-state index < -0.39 is 10.2 Å². The molecule has 2 rings (SSSR count). The number of para-hydroxylation sites is 2. The highest BCUT2D eigenvalue weighted by atomic mass is 32.2. The third kappa shape index (κ3) is 4.17. The SMILES string of the molecule is CC(SC(=S)N1CCCC1)C(=O)Nc1ccccc1[N+](=O)[O-]. The minimum Gasteiger partial charge on any atom is -0.358 e. The van der Waals surface area contributed by atoms with Crippen LogP contribution in [0.1, 0.15) is 19.8 Å². The molecule has 0 bridgehead atoms. The first kappa shape index (κ1) is 16.7. The van der Waals surface area contributed by atoms with Crippen LogP contribution in [-0.2, 0) is 4.79 Å². The number of thioether (sulfide) groups is 1. The van der Waals surface area contributed by atoms with Crippen molar-refractivity contribution < 1.29 is 9.72 Å². The molecule has 1 aromatic rings. The fourth-order valence-electron chi connectivity index (χ4n) is 2.15. The van der Waals surface area contributed by atoms with Gasteiger partial charge in [-0.1, -0.05) is 36.1 Å². The molecule has 1 fully saturated rings. The van der Waals surface area contributed by atoms with E-state index in [9.17, 15) is 14.9 Å². The molecule has 1 N–H and O–H groups in total. The van der Waals surface area contributed by atoms with E-state index in [4.69, 9.17) is 12.2 Å². The van der Waals surface area contributed by atoms with Crippen molar-refractivity contribution in [3.05, 3.63) is 34.4 Å². The highest BCUT2D eigenvalue weighted by molar-refractivity contribution is 8.23. The first-order valence-corrected chi connectivity index (χ1v) is 8.27. The lowest BCUT2D eigenvalue weighted by molar-refractivity contribution is -0.383. The molecule has 0 radical (unpaired) electrons. The number of hydrogen-bond acceptors (Lipinski definition) is 5. The van der Waals surface area contributed by atoms with Crippen LogP contribution in [0.15, 0.2) is 24.3 Å². The summed E-state index contributed by atoms with van der Waals surface area (Å²) < 4.78 is 0.711. The van der Waals surface area contributed by atoms with Crippen LogP contribution in [0.5, 0.6) is 0 Å². The Kier molecular flexibility index (Phi) is 5.73. The molecule has 6 nitrogen and oxygen atoms in total. The lowest BCUT2D eigenvalue weighted by atomic mass is 10.2. The topological polar surface area (TPSA) is 75.5 Å². The van der Waals surface area contributed by atoms with E-state index >= 15 is 0 Å². The predicted molar refractivity (Wildman–Crippen MR) is 92.2 cm³/mol. The summed E-state index contributed by atoms with van der Waals surface area (Å²) in [6.07, 6.45) is 2.25. The molecule has 22 heavy (non-hydrogen) atoms. The van der Waals surface area contributed by atoms with E-state index in [1.165, 1.54) is 23.9 Å². The van der Waals surface area contributed by atoms with Crippen LogP contribution in [0, 0.1) is 10.1 Å². The third-order valence-electron chi connectivity index (χ3n) is 3.37. The Labute approximate surface area is 138 Å². The number of nitrogens with zero attached hydrogens (tertiary/aromatic N) is 2. The zero-order valence-electron chi connectivity index (χ0n) is 12.2. The average Bonchev–Trinajstić information content (AvgIpc) is 3.01. The number of likely N-dealkylation sites (tertiary alicyclic amines) is 1. The number of carbonyl (C=O) groups excluding carboxylic acids is 1. The second-order valence-corrected chi connectivity index (χ2v) is 6.96. The number of hydrogen-bond donors (Lipinski definition) is 1. The van der Waals surface area contributed by atoms with Crippen molar-refractivity contribution in [2.24, 2.45) is 0 Å². The number of anilines is 1. The number of thiocarbonyl (C=S) groups is 1. The van der Waals surface area contributed by atoms with Crippen LogP contribution in [0.2, 0.25) is 0 Å². The highest BCUT2D eigenvalue weighted by Crippen LogP contribution is 2.25. The minimum absolute atomic E-state index is 0.116. The van der Waals surface area contributed by atoms with Crippen LogP contribution >= 0.6 is 24.0 Å². The fourth-order valence-corrected chi connectivity index (χ4v) is 3.57. The zero-order chi connectivity index (χ0) is 16.1. The monoisotopic (exact) mass is 339 g/mol. The number of amides is 1. The van der Waals surface area contributed by atoms with Gasteiger partial charge in [0.25, 0.3) is 5.69 Å². The molecule has 0 spiro atoms. The Hall–Kier alpha value is -1.67. The predicted octanol–water partition coefficient (Wildman–Crippen LogP) is 3.04. The van der Waals surface area contributed by atoms with E-state index in [0.29, 0.717) is 4.32 Å². The Balaban J connectivity index is 1.96. The van der Waals surface area contributed by atoms with Gasteiger partial charge < -0.3 is 10.2 Å². The van der Waals surface area contributed by atoms with Gasteiger partial charge in [0.2, 0.25) is 5.91 Å². The maximum Gasteiger partial charge on any atom is 0.292 e. The van der Waals surface area contributed by atoms with Gasteiger partial charge >= 0.3 is 0 Å². The summed E-state index contributed by atoms with van der Waals surface area (Å²) in [5.41, 5.74) is 0.0900. The molecule has 1 amide bonds. The van der Waals surface area contributed by atoms with E-state index in [1.807, 2.05) is 0 Å². The maximum atomic E-state index is 12.2. The van der Waals surface area contributed by atoms with Crippen LogP contribution < -0.4 is 5.32 Å². The Bertz CT molecular complexity index is 588. The van der Waals surface area contributed by atoms with Gasteiger partial charge in [0.05, 0.1) is 10.2 Å². The maximum absolute atomic E-state index is 12.2. The van der Waals surface area contributed by atoms with Gasteiger partial charge in [-0.2, -0.15) is 0 Å². The van der Waals surface area contributed by atoms with Crippen LogP contribution in [0.25, 0.3) is 0 Å². The van der Waals surface area contributed by atoms with E-state index in [0.717, 1.165) is 25.9 Å². The molecule has 1 aliphatic rings. The summed E-state index contributed by atoms with van der Waals surface area (Å²) in [5.74, 6) is -0.291. The van der Waals surface area contributed by atoms with Crippen molar-refractivity contribution in [3.63, 3.8) is 0 Å². The molecule has 0 aromatic heterocycles. The quantitative estimate of drug-likeness (QED) is 0.516. The number of nitrogens with one attached hydrogen (secondary N) is 1. The molecule has 1 unspecified atom stereocenters. The molecular formula is C14H17N3O3S2. The van der Waals surface area contributed by atoms with Crippen LogP contribution in [-0.4, -0.2) is 38.4 Å².